The van der Waals surface area contributed by atoms with Gasteiger partial charge in [-0.05, 0) is 51.0 Å². The van der Waals surface area contributed by atoms with Gasteiger partial charge in [0.1, 0.15) is 9.88 Å². The molecular weight excluding hydrogens is 436 g/mol. The molecule has 0 saturated carbocycles. The standard InChI is InChI=1S/C22H26N2O7S/c1-5-15(31-20(26)13-9-8-10-14(23)11-13)18(25)24-19-16(21(27)29-6-2)12(4)17(32-19)22(28)30-7-3/h8-11,15H,5-7,23H2,1-4H3,(H,24,25). The van der Waals surface area contributed by atoms with Crippen molar-refractivity contribution in [1.82, 2.24) is 0 Å². The maximum atomic E-state index is 12.9. The molecule has 2 aromatic rings. The number of hydrogen-bond donors (Lipinski definition) is 2. The first-order valence-electron chi connectivity index (χ1n) is 10.1. The van der Waals surface area contributed by atoms with Crippen LogP contribution in [0.5, 0.6) is 0 Å². The molecule has 0 aliphatic heterocycles. The number of amides is 1. The molecule has 0 aliphatic rings. The van der Waals surface area contributed by atoms with Crippen molar-refractivity contribution in [2.75, 3.05) is 24.3 Å². The highest BCUT2D eigenvalue weighted by molar-refractivity contribution is 7.18. The Balaban J connectivity index is 2.29. The first-order valence-corrected chi connectivity index (χ1v) is 10.9. The summed E-state index contributed by atoms with van der Waals surface area (Å²) in [6.45, 7) is 6.83. The molecule has 1 unspecified atom stereocenters. The molecule has 0 aliphatic carbocycles. The highest BCUT2D eigenvalue weighted by atomic mass is 32.1. The molecule has 0 bridgehead atoms. The van der Waals surface area contributed by atoms with Gasteiger partial charge in [-0.2, -0.15) is 0 Å². The second kappa shape index (κ2) is 11.3. The molecule has 0 saturated heterocycles. The van der Waals surface area contributed by atoms with E-state index >= 15 is 0 Å². The third-order valence-corrected chi connectivity index (χ3v) is 5.55. The van der Waals surface area contributed by atoms with Gasteiger partial charge in [-0.3, -0.25) is 4.79 Å². The fourth-order valence-electron chi connectivity index (χ4n) is 2.82. The van der Waals surface area contributed by atoms with Crippen LogP contribution >= 0.6 is 11.3 Å². The van der Waals surface area contributed by atoms with Crippen LogP contribution in [-0.2, 0) is 19.0 Å². The van der Waals surface area contributed by atoms with Gasteiger partial charge in [0.15, 0.2) is 6.10 Å². The number of nitrogens with two attached hydrogens (primary N) is 1. The van der Waals surface area contributed by atoms with Gasteiger partial charge < -0.3 is 25.3 Å². The molecule has 1 aromatic heterocycles. The van der Waals surface area contributed by atoms with E-state index in [4.69, 9.17) is 19.9 Å². The number of nitrogen functional groups attached to an aromatic ring is 1. The van der Waals surface area contributed by atoms with Crippen molar-refractivity contribution < 1.29 is 33.4 Å². The number of carbonyl (C=O) groups excluding carboxylic acids is 4. The molecule has 172 valence electrons. The predicted molar refractivity (Wildman–Crippen MR) is 120 cm³/mol. The minimum Gasteiger partial charge on any atom is -0.462 e. The van der Waals surface area contributed by atoms with Gasteiger partial charge in [0.05, 0.1) is 24.3 Å². The highest BCUT2D eigenvalue weighted by Gasteiger charge is 2.30. The quantitative estimate of drug-likeness (QED) is 0.328. The maximum Gasteiger partial charge on any atom is 0.348 e. The molecule has 10 heteroatoms. The molecular formula is C22H26N2O7S. The normalized spacial score (nSPS) is 11.4. The van der Waals surface area contributed by atoms with Crippen LogP contribution in [0.4, 0.5) is 10.7 Å². The monoisotopic (exact) mass is 462 g/mol. The first-order chi connectivity index (χ1) is 15.2. The lowest BCUT2D eigenvalue weighted by Crippen LogP contribution is -2.32. The van der Waals surface area contributed by atoms with Crippen molar-refractivity contribution in [2.24, 2.45) is 0 Å². The van der Waals surface area contributed by atoms with Crippen molar-refractivity contribution in [3.8, 4) is 0 Å². The molecule has 0 spiro atoms. The van der Waals surface area contributed by atoms with Crippen LogP contribution < -0.4 is 11.1 Å². The number of rotatable bonds is 9. The Kier molecular flexibility index (Phi) is 8.77. The van der Waals surface area contributed by atoms with Crippen molar-refractivity contribution in [1.29, 1.82) is 0 Å². The zero-order valence-electron chi connectivity index (χ0n) is 18.4. The number of anilines is 2. The molecule has 2 rings (SSSR count). The summed E-state index contributed by atoms with van der Waals surface area (Å²) < 4.78 is 15.4. The van der Waals surface area contributed by atoms with E-state index in [1.165, 1.54) is 12.1 Å². The first kappa shape index (κ1) is 24.9. The van der Waals surface area contributed by atoms with E-state index < -0.39 is 29.9 Å². The van der Waals surface area contributed by atoms with E-state index in [0.717, 1.165) is 11.3 Å². The summed E-state index contributed by atoms with van der Waals surface area (Å²) in [7, 11) is 0. The Hall–Kier alpha value is -3.40. The minimum absolute atomic E-state index is 0.0604. The number of nitrogens with one attached hydrogen (secondary N) is 1. The van der Waals surface area contributed by atoms with Gasteiger partial charge in [0.2, 0.25) is 0 Å². The molecule has 1 heterocycles. The van der Waals surface area contributed by atoms with Gasteiger partial charge in [-0.1, -0.05) is 13.0 Å². The minimum atomic E-state index is -1.13. The predicted octanol–water partition coefficient (Wildman–Crippen LogP) is 3.57. The lowest BCUT2D eigenvalue weighted by Gasteiger charge is -2.16. The summed E-state index contributed by atoms with van der Waals surface area (Å²) in [6.07, 6.45) is -0.948. The summed E-state index contributed by atoms with van der Waals surface area (Å²) in [5, 5.41) is 2.71. The van der Waals surface area contributed by atoms with Crippen molar-refractivity contribution in [2.45, 2.75) is 40.2 Å². The van der Waals surface area contributed by atoms with E-state index in [1.807, 2.05) is 0 Å². The Morgan fingerprint density at radius 3 is 2.28 bits per heavy atom. The van der Waals surface area contributed by atoms with Crippen molar-refractivity contribution in [3.63, 3.8) is 0 Å². The second-order valence-corrected chi connectivity index (χ2v) is 7.64. The Morgan fingerprint density at radius 1 is 1.03 bits per heavy atom. The van der Waals surface area contributed by atoms with E-state index in [1.54, 1.807) is 39.8 Å². The SMILES string of the molecule is CCOC(=O)c1sc(NC(=O)C(CC)OC(=O)c2cccc(N)c2)c(C(=O)OCC)c1C. The summed E-state index contributed by atoms with van der Waals surface area (Å²) in [4.78, 5) is 50.2. The van der Waals surface area contributed by atoms with Crippen molar-refractivity contribution in [3.05, 3.63) is 45.8 Å². The second-order valence-electron chi connectivity index (χ2n) is 6.62. The van der Waals surface area contributed by atoms with Gasteiger partial charge in [0.25, 0.3) is 5.91 Å². The average molecular weight is 463 g/mol. The molecule has 1 aromatic carbocycles. The Morgan fingerprint density at radius 2 is 1.69 bits per heavy atom. The molecule has 0 radical (unpaired) electrons. The number of ether oxygens (including phenoxy) is 3. The lowest BCUT2D eigenvalue weighted by atomic mass is 10.1. The topological polar surface area (TPSA) is 134 Å². The molecule has 32 heavy (non-hydrogen) atoms. The largest absolute Gasteiger partial charge is 0.462 e. The van der Waals surface area contributed by atoms with E-state index in [9.17, 15) is 19.2 Å². The fourth-order valence-corrected chi connectivity index (χ4v) is 3.91. The molecule has 1 atom stereocenters. The van der Waals surface area contributed by atoms with Crippen LogP contribution in [0.25, 0.3) is 0 Å². The highest BCUT2D eigenvalue weighted by Crippen LogP contribution is 2.34. The van der Waals surface area contributed by atoms with Gasteiger partial charge in [0, 0.05) is 5.69 Å². The van der Waals surface area contributed by atoms with Crippen LogP contribution in [0.3, 0.4) is 0 Å². The smallest absolute Gasteiger partial charge is 0.348 e. The zero-order chi connectivity index (χ0) is 23.8. The number of carbonyl (C=O) groups is 4. The van der Waals surface area contributed by atoms with Crippen LogP contribution in [-0.4, -0.2) is 43.1 Å². The third-order valence-electron chi connectivity index (χ3n) is 4.36. The van der Waals surface area contributed by atoms with E-state index in [0.29, 0.717) is 11.3 Å². The van der Waals surface area contributed by atoms with Crippen LogP contribution in [0.15, 0.2) is 24.3 Å². The summed E-state index contributed by atoms with van der Waals surface area (Å²) in [5.74, 6) is -2.65. The number of thiophene rings is 1. The number of benzene rings is 1. The van der Waals surface area contributed by atoms with Gasteiger partial charge in [-0.15, -0.1) is 11.3 Å². The Labute approximate surface area is 189 Å². The van der Waals surface area contributed by atoms with Gasteiger partial charge >= 0.3 is 17.9 Å². The van der Waals surface area contributed by atoms with Crippen LogP contribution in [0, 0.1) is 6.92 Å². The third kappa shape index (κ3) is 5.85. The summed E-state index contributed by atoms with van der Waals surface area (Å²) in [6, 6.07) is 6.19. The molecule has 0 fully saturated rings. The van der Waals surface area contributed by atoms with Gasteiger partial charge in [-0.25, -0.2) is 14.4 Å². The van der Waals surface area contributed by atoms with Crippen LogP contribution in [0.2, 0.25) is 0 Å². The molecule has 3 N–H and O–H groups in total. The number of hydrogen-bond acceptors (Lipinski definition) is 9. The Bertz CT molecular complexity index is 1020. The molecule has 9 nitrogen and oxygen atoms in total. The van der Waals surface area contributed by atoms with Crippen LogP contribution in [0.1, 0.15) is 63.1 Å². The fraction of sp³-hybridized carbons (Fsp3) is 0.364. The summed E-state index contributed by atoms with van der Waals surface area (Å²) in [5.41, 5.74) is 6.68. The maximum absolute atomic E-state index is 12.9. The zero-order valence-corrected chi connectivity index (χ0v) is 19.2. The average Bonchev–Trinajstić information content (AvgIpc) is 3.07. The van der Waals surface area contributed by atoms with E-state index in [2.05, 4.69) is 5.32 Å². The molecule has 1 amide bonds. The lowest BCUT2D eigenvalue weighted by molar-refractivity contribution is -0.124. The van der Waals surface area contributed by atoms with E-state index in [-0.39, 0.29) is 40.6 Å². The number of esters is 3. The van der Waals surface area contributed by atoms with Crippen molar-refractivity contribution >= 4 is 45.8 Å². The summed E-state index contributed by atoms with van der Waals surface area (Å²) >= 11 is 0.897.